The molecule has 1 heterocycles. The number of carbonyl (C=O) groups is 4. The molecule has 1 N–H and O–H groups in total. The van der Waals surface area contributed by atoms with Crippen molar-refractivity contribution < 1.29 is 23.9 Å². The fourth-order valence-electron chi connectivity index (χ4n) is 5.53. The predicted octanol–water partition coefficient (Wildman–Crippen LogP) is 2.32. The largest absolute Gasteiger partial charge is 0.454 e. The van der Waals surface area contributed by atoms with Crippen LogP contribution in [-0.2, 0) is 36.8 Å². The number of hydrogen-bond donors (Lipinski definition) is 1. The highest BCUT2D eigenvalue weighted by Gasteiger charge is 2.61. The molecule has 0 radical (unpaired) electrons. The van der Waals surface area contributed by atoms with Crippen LogP contribution in [0.2, 0.25) is 0 Å². The summed E-state index contributed by atoms with van der Waals surface area (Å²) in [5, 5.41) is 2.84. The SMILES string of the molecule is CCc1cccc(CC)c1NC(=O)COC(=O)CN1C(=O)[C@@H]2[C@H]3CC[C@@H](C3)[C@@H]2C1=O. The van der Waals surface area contributed by atoms with Crippen LogP contribution in [0, 0.1) is 23.7 Å². The van der Waals surface area contributed by atoms with Crippen LogP contribution >= 0.6 is 0 Å². The Labute approximate surface area is 176 Å². The van der Waals surface area contributed by atoms with E-state index in [2.05, 4.69) is 5.32 Å². The average molecular weight is 412 g/mol. The van der Waals surface area contributed by atoms with Gasteiger partial charge in [0.15, 0.2) is 6.61 Å². The molecule has 4 atom stereocenters. The van der Waals surface area contributed by atoms with Gasteiger partial charge < -0.3 is 10.1 Å². The monoisotopic (exact) mass is 412 g/mol. The van der Waals surface area contributed by atoms with Crippen LogP contribution in [-0.4, -0.2) is 41.7 Å². The van der Waals surface area contributed by atoms with Gasteiger partial charge >= 0.3 is 5.97 Å². The van der Waals surface area contributed by atoms with Crippen LogP contribution in [0.4, 0.5) is 5.69 Å². The van der Waals surface area contributed by atoms with Crippen molar-refractivity contribution in [3.63, 3.8) is 0 Å². The number of hydrogen-bond acceptors (Lipinski definition) is 5. The van der Waals surface area contributed by atoms with Gasteiger partial charge in [0.25, 0.3) is 5.91 Å². The minimum atomic E-state index is -0.737. The van der Waals surface area contributed by atoms with E-state index in [0.717, 1.165) is 53.8 Å². The van der Waals surface area contributed by atoms with Crippen LogP contribution in [0.3, 0.4) is 0 Å². The number of imide groups is 1. The predicted molar refractivity (Wildman–Crippen MR) is 109 cm³/mol. The van der Waals surface area contributed by atoms with Crippen molar-refractivity contribution in [2.45, 2.75) is 46.0 Å². The van der Waals surface area contributed by atoms with E-state index >= 15 is 0 Å². The Morgan fingerprint density at radius 3 is 2.13 bits per heavy atom. The Morgan fingerprint density at radius 2 is 1.60 bits per heavy atom. The molecule has 2 bridgehead atoms. The van der Waals surface area contributed by atoms with Gasteiger partial charge in [-0.1, -0.05) is 32.0 Å². The molecule has 30 heavy (non-hydrogen) atoms. The van der Waals surface area contributed by atoms with E-state index in [-0.39, 0.29) is 35.5 Å². The number of esters is 1. The second-order valence-electron chi connectivity index (χ2n) is 8.51. The molecule has 7 nitrogen and oxygen atoms in total. The zero-order valence-electron chi connectivity index (χ0n) is 17.5. The molecule has 0 spiro atoms. The molecule has 0 aromatic heterocycles. The molecule has 2 aliphatic carbocycles. The Kier molecular flexibility index (Phi) is 5.62. The molecular formula is C23H28N2O5. The summed E-state index contributed by atoms with van der Waals surface area (Å²) >= 11 is 0. The third-order valence-corrected chi connectivity index (χ3v) is 6.93. The summed E-state index contributed by atoms with van der Waals surface area (Å²) in [5.41, 5.74) is 2.80. The Balaban J connectivity index is 1.32. The van der Waals surface area contributed by atoms with Gasteiger partial charge in [-0.3, -0.25) is 24.1 Å². The number of nitrogens with one attached hydrogen (secondary N) is 1. The fraction of sp³-hybridized carbons (Fsp3) is 0.565. The van der Waals surface area contributed by atoms with E-state index < -0.39 is 25.0 Å². The summed E-state index contributed by atoms with van der Waals surface area (Å²) in [7, 11) is 0. The van der Waals surface area contributed by atoms with Crippen molar-refractivity contribution in [3.8, 4) is 0 Å². The van der Waals surface area contributed by atoms with Gasteiger partial charge in [0.1, 0.15) is 6.54 Å². The van der Waals surface area contributed by atoms with Crippen molar-refractivity contribution in [2.24, 2.45) is 23.7 Å². The van der Waals surface area contributed by atoms with Gasteiger partial charge in [-0.05, 0) is 55.1 Å². The number of para-hydroxylation sites is 1. The minimum absolute atomic E-state index is 0.247. The van der Waals surface area contributed by atoms with Gasteiger partial charge in [-0.2, -0.15) is 0 Å². The molecule has 1 saturated heterocycles. The van der Waals surface area contributed by atoms with E-state index in [1.807, 2.05) is 32.0 Å². The summed E-state index contributed by atoms with van der Waals surface area (Å²) in [6, 6.07) is 5.86. The van der Waals surface area contributed by atoms with Gasteiger partial charge in [-0.15, -0.1) is 0 Å². The maximum Gasteiger partial charge on any atom is 0.326 e. The second kappa shape index (κ2) is 8.20. The fourth-order valence-corrected chi connectivity index (χ4v) is 5.53. The van der Waals surface area contributed by atoms with Gasteiger partial charge in [-0.25, -0.2) is 0 Å². The molecule has 1 aromatic carbocycles. The maximum absolute atomic E-state index is 12.7. The lowest BCUT2D eigenvalue weighted by molar-refractivity contribution is -0.154. The Bertz CT molecular complexity index is 845. The molecule has 3 fully saturated rings. The standard InChI is InChI=1S/C23H28N2O5/c1-3-13-6-5-7-14(4-2)21(13)24-17(26)12-30-18(27)11-25-22(28)19-15-8-9-16(10-15)20(19)23(25)29/h5-7,15-16,19-20H,3-4,8-12H2,1-2H3,(H,24,26)/t15-,16-,19-,20+/m0/s1. The molecule has 4 rings (SSSR count). The first-order valence-corrected chi connectivity index (χ1v) is 10.9. The number of ether oxygens (including phenoxy) is 1. The zero-order chi connectivity index (χ0) is 21.4. The van der Waals surface area contributed by atoms with Crippen molar-refractivity contribution in [3.05, 3.63) is 29.3 Å². The number of anilines is 1. The van der Waals surface area contributed by atoms with Gasteiger partial charge in [0, 0.05) is 5.69 Å². The Morgan fingerprint density at radius 1 is 1.03 bits per heavy atom. The highest BCUT2D eigenvalue weighted by molar-refractivity contribution is 6.08. The first-order valence-electron chi connectivity index (χ1n) is 10.9. The molecule has 1 aromatic rings. The van der Waals surface area contributed by atoms with E-state index in [4.69, 9.17) is 4.74 Å². The van der Waals surface area contributed by atoms with E-state index in [1.165, 1.54) is 0 Å². The van der Waals surface area contributed by atoms with E-state index in [0.29, 0.717) is 0 Å². The summed E-state index contributed by atoms with van der Waals surface area (Å²) < 4.78 is 5.08. The molecule has 160 valence electrons. The number of likely N-dealkylation sites (tertiary alicyclic amines) is 1. The lowest BCUT2D eigenvalue weighted by atomic mass is 9.81. The zero-order valence-corrected chi connectivity index (χ0v) is 17.5. The summed E-state index contributed by atoms with van der Waals surface area (Å²) in [4.78, 5) is 50.9. The highest BCUT2D eigenvalue weighted by Crippen LogP contribution is 2.56. The third-order valence-electron chi connectivity index (χ3n) is 6.93. The van der Waals surface area contributed by atoms with E-state index in [9.17, 15) is 19.2 Å². The van der Waals surface area contributed by atoms with Crippen molar-refractivity contribution in [2.75, 3.05) is 18.5 Å². The number of nitrogens with zero attached hydrogens (tertiary/aromatic N) is 1. The number of aryl methyl sites for hydroxylation is 2. The normalized spacial score (nSPS) is 26.8. The number of fused-ring (bicyclic) bond motifs is 5. The molecule has 7 heteroatoms. The van der Waals surface area contributed by atoms with Crippen LogP contribution in [0.15, 0.2) is 18.2 Å². The molecule has 3 amide bonds. The van der Waals surface area contributed by atoms with Crippen molar-refractivity contribution >= 4 is 29.4 Å². The van der Waals surface area contributed by atoms with Crippen LogP contribution in [0.1, 0.15) is 44.2 Å². The Hall–Kier alpha value is -2.70. The molecular weight excluding hydrogens is 384 g/mol. The van der Waals surface area contributed by atoms with Gasteiger partial charge in [0.2, 0.25) is 11.8 Å². The van der Waals surface area contributed by atoms with E-state index in [1.54, 1.807) is 0 Å². The van der Waals surface area contributed by atoms with Crippen LogP contribution in [0.25, 0.3) is 0 Å². The van der Waals surface area contributed by atoms with Crippen LogP contribution in [0.5, 0.6) is 0 Å². The van der Waals surface area contributed by atoms with Crippen molar-refractivity contribution in [1.29, 1.82) is 0 Å². The first kappa shape index (κ1) is 20.6. The van der Waals surface area contributed by atoms with Gasteiger partial charge in [0.05, 0.1) is 11.8 Å². The summed E-state index contributed by atoms with van der Waals surface area (Å²) in [6.07, 6.45) is 4.47. The van der Waals surface area contributed by atoms with Crippen molar-refractivity contribution in [1.82, 2.24) is 4.90 Å². The topological polar surface area (TPSA) is 92.8 Å². The number of amides is 3. The smallest absolute Gasteiger partial charge is 0.326 e. The second-order valence-corrected chi connectivity index (χ2v) is 8.51. The lowest BCUT2D eigenvalue weighted by Crippen LogP contribution is -2.38. The lowest BCUT2D eigenvalue weighted by Gasteiger charge is -2.19. The molecule has 1 aliphatic heterocycles. The third kappa shape index (κ3) is 3.50. The number of benzene rings is 1. The van der Waals surface area contributed by atoms with Crippen LogP contribution < -0.4 is 5.32 Å². The number of rotatable bonds is 7. The summed E-state index contributed by atoms with van der Waals surface area (Å²) in [6.45, 7) is 3.16. The average Bonchev–Trinajstić information content (AvgIpc) is 3.42. The minimum Gasteiger partial charge on any atom is -0.454 e. The first-order chi connectivity index (χ1) is 14.4. The summed E-state index contributed by atoms with van der Waals surface area (Å²) in [5.74, 6) is -1.64. The molecule has 2 saturated carbocycles. The number of carbonyl (C=O) groups excluding carboxylic acids is 4. The molecule has 3 aliphatic rings. The quantitative estimate of drug-likeness (QED) is 0.548. The molecule has 0 unspecified atom stereocenters. The maximum atomic E-state index is 12.7. The highest BCUT2D eigenvalue weighted by atomic mass is 16.5.